The number of anilines is 1. The van der Waals surface area contributed by atoms with Crippen molar-refractivity contribution in [3.8, 4) is 0 Å². The molecule has 2 atom stereocenters. The summed E-state index contributed by atoms with van der Waals surface area (Å²) in [6.07, 6.45) is 3.76. The zero-order chi connectivity index (χ0) is 24.4. The molecule has 1 saturated heterocycles. The lowest BCUT2D eigenvalue weighted by Crippen LogP contribution is -2.58. The highest BCUT2D eigenvalue weighted by molar-refractivity contribution is 6.46. The van der Waals surface area contributed by atoms with Crippen LogP contribution in [0.5, 0.6) is 0 Å². The minimum Gasteiger partial charge on any atom is -0.374 e. The SMILES string of the molecule is CN1CCCCC(=O)N(C)C2CCCCN3C(=O)C(=O)C(N=C23)C(=O)NCc2ccc(F)cc21. The molecule has 10 heteroatoms. The summed E-state index contributed by atoms with van der Waals surface area (Å²) in [7, 11) is 3.51. The van der Waals surface area contributed by atoms with Crippen LogP contribution in [-0.2, 0) is 25.7 Å². The maximum atomic E-state index is 14.0. The Morgan fingerprint density at radius 1 is 1.03 bits per heavy atom. The quantitative estimate of drug-likeness (QED) is 0.453. The number of amidine groups is 1. The van der Waals surface area contributed by atoms with Crippen molar-refractivity contribution in [2.75, 3.05) is 32.1 Å². The summed E-state index contributed by atoms with van der Waals surface area (Å²) in [5.74, 6) is -2.50. The molecule has 4 rings (SSSR count). The van der Waals surface area contributed by atoms with Crippen molar-refractivity contribution < 1.29 is 23.6 Å². The lowest BCUT2D eigenvalue weighted by atomic mass is 10.0. The number of nitrogens with zero attached hydrogens (tertiary/aromatic N) is 4. The van der Waals surface area contributed by atoms with Crippen molar-refractivity contribution >= 4 is 35.0 Å². The van der Waals surface area contributed by atoms with E-state index in [1.54, 1.807) is 18.0 Å². The number of likely N-dealkylation sites (N-methyl/N-ethyl adjacent to an activating group) is 1. The summed E-state index contributed by atoms with van der Waals surface area (Å²) in [5, 5.41) is 2.70. The predicted molar refractivity (Wildman–Crippen MR) is 124 cm³/mol. The average Bonchev–Trinajstić information content (AvgIpc) is 3.04. The number of rotatable bonds is 0. The van der Waals surface area contributed by atoms with Crippen molar-refractivity contribution in [2.24, 2.45) is 4.99 Å². The molecule has 34 heavy (non-hydrogen) atoms. The van der Waals surface area contributed by atoms with Gasteiger partial charge in [0.15, 0.2) is 6.04 Å². The molecule has 0 aromatic heterocycles. The first-order valence-electron chi connectivity index (χ1n) is 11.7. The molecule has 3 heterocycles. The van der Waals surface area contributed by atoms with Crippen molar-refractivity contribution in [1.82, 2.24) is 15.1 Å². The van der Waals surface area contributed by atoms with Gasteiger partial charge in [-0.25, -0.2) is 9.38 Å². The van der Waals surface area contributed by atoms with Crippen LogP contribution in [0, 0.1) is 5.82 Å². The Morgan fingerprint density at radius 3 is 2.59 bits per heavy atom. The van der Waals surface area contributed by atoms with Crippen LogP contribution < -0.4 is 10.2 Å². The van der Waals surface area contributed by atoms with Crippen LogP contribution in [0.25, 0.3) is 0 Å². The van der Waals surface area contributed by atoms with Crippen molar-refractivity contribution in [3.05, 3.63) is 29.6 Å². The van der Waals surface area contributed by atoms with Crippen molar-refractivity contribution in [2.45, 2.75) is 57.2 Å². The van der Waals surface area contributed by atoms with Gasteiger partial charge >= 0.3 is 0 Å². The van der Waals surface area contributed by atoms with Crippen molar-refractivity contribution in [1.29, 1.82) is 0 Å². The van der Waals surface area contributed by atoms with E-state index in [2.05, 4.69) is 10.3 Å². The first-order chi connectivity index (χ1) is 16.3. The van der Waals surface area contributed by atoms with Gasteiger partial charge in [0.05, 0.1) is 6.04 Å². The van der Waals surface area contributed by atoms with E-state index < -0.39 is 35.5 Å². The minimum absolute atomic E-state index is 0.0626. The first-order valence-corrected chi connectivity index (χ1v) is 11.7. The Morgan fingerprint density at radius 2 is 1.79 bits per heavy atom. The van der Waals surface area contributed by atoms with Gasteiger partial charge in [-0.1, -0.05) is 6.07 Å². The fraction of sp³-hybridized carbons (Fsp3) is 0.542. The standard InChI is InChI=1S/C24H30FN5O4/c1-28-11-5-4-8-19(31)29(2)17-7-3-6-12-30-22(17)27-20(21(32)24(30)34)23(33)26-14-15-9-10-16(25)13-18(15)28/h9-10,13,17,20H,3-8,11-12,14H2,1-2H3,(H,26,33). The number of hydrogen-bond acceptors (Lipinski definition) is 6. The van der Waals surface area contributed by atoms with E-state index in [1.165, 1.54) is 17.0 Å². The number of carbonyl (C=O) groups is 4. The van der Waals surface area contributed by atoms with E-state index in [0.717, 1.165) is 12.8 Å². The molecule has 1 aromatic rings. The number of hydrogen-bond donors (Lipinski definition) is 1. The van der Waals surface area contributed by atoms with Crippen LogP contribution >= 0.6 is 0 Å². The molecule has 2 unspecified atom stereocenters. The maximum absolute atomic E-state index is 14.0. The minimum atomic E-state index is -1.50. The highest BCUT2D eigenvalue weighted by Gasteiger charge is 2.44. The Hall–Kier alpha value is -3.30. The van der Waals surface area contributed by atoms with Gasteiger partial charge < -0.3 is 15.1 Å². The fourth-order valence-electron chi connectivity index (χ4n) is 4.79. The van der Waals surface area contributed by atoms with Crippen LogP contribution in [0.1, 0.15) is 44.1 Å². The third-order valence-electron chi connectivity index (χ3n) is 6.80. The van der Waals surface area contributed by atoms with Crippen LogP contribution in [0.4, 0.5) is 10.1 Å². The van der Waals surface area contributed by atoms with Crippen LogP contribution in [0.2, 0.25) is 0 Å². The number of aliphatic imine (C=N–C) groups is 1. The number of ketones is 1. The van der Waals surface area contributed by atoms with Crippen LogP contribution in [0.15, 0.2) is 23.2 Å². The predicted octanol–water partition coefficient (Wildman–Crippen LogP) is 1.25. The topological polar surface area (TPSA) is 102 Å². The van der Waals surface area contributed by atoms with Gasteiger partial charge in [0.1, 0.15) is 11.7 Å². The normalized spacial score (nSPS) is 24.9. The number of halogens is 1. The smallest absolute Gasteiger partial charge is 0.298 e. The molecule has 1 aromatic carbocycles. The Balaban J connectivity index is 1.72. The van der Waals surface area contributed by atoms with Gasteiger partial charge in [-0.3, -0.25) is 24.1 Å². The molecule has 9 nitrogen and oxygen atoms in total. The molecule has 0 saturated carbocycles. The summed E-state index contributed by atoms with van der Waals surface area (Å²) in [6.45, 7) is 1.01. The summed E-state index contributed by atoms with van der Waals surface area (Å²) in [6, 6.07) is 2.33. The molecule has 1 fully saturated rings. The van der Waals surface area contributed by atoms with Crippen molar-refractivity contribution in [3.63, 3.8) is 0 Å². The summed E-state index contributed by atoms with van der Waals surface area (Å²) >= 11 is 0. The number of fused-ring (bicyclic) bond motifs is 2. The molecule has 1 N–H and O–H groups in total. The van der Waals surface area contributed by atoms with E-state index in [-0.39, 0.29) is 12.5 Å². The van der Waals surface area contributed by atoms with Crippen LogP contribution in [-0.4, -0.2) is 78.4 Å². The van der Waals surface area contributed by atoms with Gasteiger partial charge in [0.2, 0.25) is 5.91 Å². The third kappa shape index (κ3) is 4.67. The van der Waals surface area contributed by atoms with E-state index in [4.69, 9.17) is 0 Å². The molecule has 0 radical (unpaired) electrons. The molecule has 3 amide bonds. The first kappa shape index (κ1) is 23.8. The average molecular weight is 472 g/mol. The number of nitrogens with one attached hydrogen (secondary N) is 1. The fourth-order valence-corrected chi connectivity index (χ4v) is 4.79. The second-order valence-electron chi connectivity index (χ2n) is 9.10. The number of benzene rings is 1. The number of carbonyl (C=O) groups excluding carboxylic acids is 4. The maximum Gasteiger partial charge on any atom is 0.298 e. The summed E-state index contributed by atoms with van der Waals surface area (Å²) < 4.78 is 14.0. The third-order valence-corrected chi connectivity index (χ3v) is 6.80. The summed E-state index contributed by atoms with van der Waals surface area (Å²) in [4.78, 5) is 60.9. The van der Waals surface area contributed by atoms with Gasteiger partial charge in [0.25, 0.3) is 17.6 Å². The van der Waals surface area contributed by atoms with E-state index in [9.17, 15) is 23.6 Å². The molecule has 182 valence electrons. The molecule has 3 aliphatic rings. The van der Waals surface area contributed by atoms with Gasteiger partial charge in [0, 0.05) is 45.8 Å². The van der Waals surface area contributed by atoms with E-state index >= 15 is 0 Å². The second kappa shape index (κ2) is 9.90. The highest BCUT2D eigenvalue weighted by atomic mass is 19.1. The largest absolute Gasteiger partial charge is 0.374 e. The zero-order valence-corrected chi connectivity index (χ0v) is 19.6. The van der Waals surface area contributed by atoms with E-state index in [1.807, 2.05) is 11.9 Å². The monoisotopic (exact) mass is 471 g/mol. The Kier molecular flexibility index (Phi) is 6.95. The Labute approximate surface area is 198 Å². The van der Waals surface area contributed by atoms with Crippen LogP contribution in [0.3, 0.4) is 0 Å². The van der Waals surface area contributed by atoms with Gasteiger partial charge in [-0.2, -0.15) is 0 Å². The molecule has 0 spiro atoms. The Bertz CT molecular complexity index is 1040. The zero-order valence-electron chi connectivity index (χ0n) is 19.6. The summed E-state index contributed by atoms with van der Waals surface area (Å²) in [5.41, 5.74) is 1.29. The molecular weight excluding hydrogens is 441 g/mol. The molecule has 0 aliphatic carbocycles. The molecular formula is C24H30FN5O4. The van der Waals surface area contributed by atoms with E-state index in [0.29, 0.717) is 55.9 Å². The van der Waals surface area contributed by atoms with Gasteiger partial charge in [-0.05, 0) is 49.8 Å². The van der Waals surface area contributed by atoms with Gasteiger partial charge in [-0.15, -0.1) is 0 Å². The highest BCUT2D eigenvalue weighted by Crippen LogP contribution is 2.25. The molecule has 2 bridgehead atoms. The number of amides is 3. The molecule has 3 aliphatic heterocycles. The second-order valence-corrected chi connectivity index (χ2v) is 9.10. The lowest BCUT2D eigenvalue weighted by Gasteiger charge is -2.35. The lowest BCUT2D eigenvalue weighted by molar-refractivity contribution is -0.146. The number of Topliss-reactive ketones (excluding diaryl/α,β-unsaturated/α-hetero) is 1.